The minimum Gasteiger partial charge on any atom is -0.394 e. The van der Waals surface area contributed by atoms with E-state index in [9.17, 15) is 4.79 Å². The largest absolute Gasteiger partial charge is 0.394 e. The summed E-state index contributed by atoms with van der Waals surface area (Å²) in [7, 11) is 0. The van der Waals surface area contributed by atoms with Crippen molar-refractivity contribution in [3.8, 4) is 11.3 Å². The van der Waals surface area contributed by atoms with Crippen LogP contribution in [0.1, 0.15) is 0 Å². The van der Waals surface area contributed by atoms with E-state index in [-0.39, 0.29) is 11.2 Å². The number of nitrogens with two attached hydrogens (primary N) is 1. The van der Waals surface area contributed by atoms with Crippen LogP contribution in [0, 0.1) is 0 Å². The van der Waals surface area contributed by atoms with Crippen LogP contribution in [0.15, 0.2) is 39.6 Å². The molecule has 0 amide bonds. The molecule has 2 aromatic rings. The van der Waals surface area contributed by atoms with Gasteiger partial charge in [0.2, 0.25) is 0 Å². The molecule has 4 nitrogen and oxygen atoms in total. The predicted octanol–water partition coefficient (Wildman–Crippen LogP) is 1.78. The van der Waals surface area contributed by atoms with Gasteiger partial charge in [0.1, 0.15) is 5.69 Å². The topological polar surface area (TPSA) is 71.8 Å². The number of rotatable bonds is 1. The Morgan fingerprint density at radius 3 is 2.53 bits per heavy atom. The summed E-state index contributed by atoms with van der Waals surface area (Å²) in [6, 6.07) is 9.15. The van der Waals surface area contributed by atoms with Gasteiger partial charge in [-0.05, 0) is 18.2 Å². The third-order valence-electron chi connectivity index (χ3n) is 1.97. The molecule has 15 heavy (non-hydrogen) atoms. The smallest absolute Gasteiger partial charge is 0.287 e. The first-order valence-corrected chi connectivity index (χ1v) is 5.07. The van der Waals surface area contributed by atoms with Gasteiger partial charge in [0, 0.05) is 10.0 Å². The van der Waals surface area contributed by atoms with Crippen LogP contribution < -0.4 is 11.3 Å². The van der Waals surface area contributed by atoms with Crippen LogP contribution in [-0.2, 0) is 0 Å². The Hall–Kier alpha value is -1.62. The summed E-state index contributed by atoms with van der Waals surface area (Å²) in [5.41, 5.74) is 6.86. The number of hydrogen-bond acceptors (Lipinski definition) is 3. The summed E-state index contributed by atoms with van der Waals surface area (Å²) < 4.78 is 0.989. The standard InChI is InChI=1S/C10H8BrN3O/c11-7-3-1-6(2-4-7)9-5-8(12)10(15)14-13-9/h1-5H,(H2,12,13)(H,14,15). The van der Waals surface area contributed by atoms with Gasteiger partial charge in [-0.3, -0.25) is 4.79 Å². The monoisotopic (exact) mass is 265 g/mol. The molecule has 1 heterocycles. The van der Waals surface area contributed by atoms with Crippen molar-refractivity contribution in [1.82, 2.24) is 10.2 Å². The Labute approximate surface area is 94.3 Å². The van der Waals surface area contributed by atoms with Crippen molar-refractivity contribution in [2.75, 3.05) is 5.73 Å². The van der Waals surface area contributed by atoms with Gasteiger partial charge in [0.15, 0.2) is 0 Å². The van der Waals surface area contributed by atoms with E-state index in [0.717, 1.165) is 10.0 Å². The Kier molecular flexibility index (Phi) is 2.55. The molecule has 1 aromatic carbocycles. The molecular weight excluding hydrogens is 258 g/mol. The van der Waals surface area contributed by atoms with Crippen LogP contribution in [-0.4, -0.2) is 10.2 Å². The van der Waals surface area contributed by atoms with Gasteiger partial charge in [0.05, 0.1) is 5.69 Å². The van der Waals surface area contributed by atoms with Gasteiger partial charge in [-0.1, -0.05) is 28.1 Å². The Morgan fingerprint density at radius 1 is 1.27 bits per heavy atom. The third kappa shape index (κ3) is 2.07. The number of aromatic amines is 1. The van der Waals surface area contributed by atoms with Gasteiger partial charge in [-0.2, -0.15) is 5.10 Å². The first-order chi connectivity index (χ1) is 7.16. The second-order valence-electron chi connectivity index (χ2n) is 3.04. The molecule has 5 heteroatoms. The van der Waals surface area contributed by atoms with E-state index in [4.69, 9.17) is 5.73 Å². The maximum atomic E-state index is 11.0. The van der Waals surface area contributed by atoms with Crippen LogP contribution in [0.4, 0.5) is 5.69 Å². The van der Waals surface area contributed by atoms with Gasteiger partial charge in [0.25, 0.3) is 5.56 Å². The fraction of sp³-hybridized carbons (Fsp3) is 0. The van der Waals surface area contributed by atoms with Crippen molar-refractivity contribution >= 4 is 21.6 Å². The zero-order valence-corrected chi connectivity index (χ0v) is 9.28. The van der Waals surface area contributed by atoms with E-state index >= 15 is 0 Å². The van der Waals surface area contributed by atoms with Crippen molar-refractivity contribution in [2.45, 2.75) is 0 Å². The molecule has 0 radical (unpaired) electrons. The number of H-pyrrole nitrogens is 1. The second-order valence-corrected chi connectivity index (χ2v) is 3.96. The minimum absolute atomic E-state index is 0.169. The number of halogens is 1. The molecule has 0 aliphatic heterocycles. The van der Waals surface area contributed by atoms with E-state index in [2.05, 4.69) is 26.1 Å². The molecule has 0 saturated heterocycles. The first kappa shape index (κ1) is 9.92. The van der Waals surface area contributed by atoms with Gasteiger partial charge in [-0.15, -0.1) is 0 Å². The normalized spacial score (nSPS) is 10.2. The van der Waals surface area contributed by atoms with Crippen LogP contribution in [0.3, 0.4) is 0 Å². The molecule has 0 saturated carbocycles. The number of nitrogen functional groups attached to an aromatic ring is 1. The lowest BCUT2D eigenvalue weighted by molar-refractivity contribution is 1.000. The second kappa shape index (κ2) is 3.86. The summed E-state index contributed by atoms with van der Waals surface area (Å²) in [6.07, 6.45) is 0. The lowest BCUT2D eigenvalue weighted by Crippen LogP contribution is -2.13. The van der Waals surface area contributed by atoms with Gasteiger partial charge >= 0.3 is 0 Å². The van der Waals surface area contributed by atoms with Crippen molar-refractivity contribution in [3.05, 3.63) is 45.2 Å². The lowest BCUT2D eigenvalue weighted by atomic mass is 10.1. The predicted molar refractivity (Wildman–Crippen MR) is 62.4 cm³/mol. The highest BCUT2D eigenvalue weighted by Crippen LogP contribution is 2.19. The maximum absolute atomic E-state index is 11.0. The number of nitrogens with zero attached hydrogens (tertiary/aromatic N) is 1. The van der Waals surface area contributed by atoms with E-state index in [1.165, 1.54) is 0 Å². The average Bonchev–Trinajstić information content (AvgIpc) is 2.23. The van der Waals surface area contributed by atoms with Crippen LogP contribution in [0.25, 0.3) is 11.3 Å². The molecule has 2 rings (SSSR count). The molecule has 0 spiro atoms. The van der Waals surface area contributed by atoms with E-state index in [1.54, 1.807) is 6.07 Å². The third-order valence-corrected chi connectivity index (χ3v) is 2.50. The Bertz CT molecular complexity index is 533. The SMILES string of the molecule is Nc1cc(-c2ccc(Br)cc2)n[nH]c1=O. The van der Waals surface area contributed by atoms with Gasteiger partial charge in [-0.25, -0.2) is 5.10 Å². The molecule has 0 bridgehead atoms. The molecule has 0 aliphatic carbocycles. The highest BCUT2D eigenvalue weighted by molar-refractivity contribution is 9.10. The maximum Gasteiger partial charge on any atom is 0.287 e. The Balaban J connectivity index is 2.50. The van der Waals surface area contributed by atoms with Crippen molar-refractivity contribution < 1.29 is 0 Å². The molecule has 0 fully saturated rings. The molecule has 1 aromatic heterocycles. The number of anilines is 1. The first-order valence-electron chi connectivity index (χ1n) is 4.28. The zero-order chi connectivity index (χ0) is 10.8. The number of hydrogen-bond donors (Lipinski definition) is 2. The highest BCUT2D eigenvalue weighted by Gasteiger charge is 2.01. The van der Waals surface area contributed by atoms with Gasteiger partial charge < -0.3 is 5.73 Å². The quantitative estimate of drug-likeness (QED) is 0.826. The lowest BCUT2D eigenvalue weighted by Gasteiger charge is -2.00. The molecule has 0 unspecified atom stereocenters. The van der Waals surface area contributed by atoms with E-state index in [1.807, 2.05) is 24.3 Å². The van der Waals surface area contributed by atoms with Crippen molar-refractivity contribution in [3.63, 3.8) is 0 Å². The molecule has 76 valence electrons. The van der Waals surface area contributed by atoms with E-state index in [0.29, 0.717) is 5.69 Å². The summed E-state index contributed by atoms with van der Waals surface area (Å²) in [5, 5.41) is 6.25. The number of nitrogens with one attached hydrogen (secondary N) is 1. The fourth-order valence-electron chi connectivity index (χ4n) is 1.19. The molecule has 0 aliphatic rings. The number of benzene rings is 1. The highest BCUT2D eigenvalue weighted by atomic mass is 79.9. The van der Waals surface area contributed by atoms with Crippen molar-refractivity contribution in [2.24, 2.45) is 0 Å². The Morgan fingerprint density at radius 2 is 1.93 bits per heavy atom. The van der Waals surface area contributed by atoms with Crippen LogP contribution >= 0.6 is 15.9 Å². The zero-order valence-electron chi connectivity index (χ0n) is 7.70. The van der Waals surface area contributed by atoms with Crippen LogP contribution in [0.2, 0.25) is 0 Å². The molecule has 0 atom stereocenters. The van der Waals surface area contributed by atoms with E-state index < -0.39 is 0 Å². The van der Waals surface area contributed by atoms with Crippen molar-refractivity contribution in [1.29, 1.82) is 0 Å². The minimum atomic E-state index is -0.365. The fourth-order valence-corrected chi connectivity index (χ4v) is 1.45. The van der Waals surface area contributed by atoms with Crippen LogP contribution in [0.5, 0.6) is 0 Å². The molecule has 3 N–H and O–H groups in total. The average molecular weight is 266 g/mol. The summed E-state index contributed by atoms with van der Waals surface area (Å²) in [5.74, 6) is 0. The summed E-state index contributed by atoms with van der Waals surface area (Å²) >= 11 is 3.34. The summed E-state index contributed by atoms with van der Waals surface area (Å²) in [4.78, 5) is 11.0. The summed E-state index contributed by atoms with van der Waals surface area (Å²) in [6.45, 7) is 0. The molecular formula is C10H8BrN3O. The number of aromatic nitrogens is 2.